The summed E-state index contributed by atoms with van der Waals surface area (Å²) in [7, 11) is 0. The van der Waals surface area contributed by atoms with Crippen molar-refractivity contribution in [1.29, 1.82) is 0 Å². The number of hydrogen-bond donors (Lipinski definition) is 1. The van der Waals surface area contributed by atoms with Crippen molar-refractivity contribution in [2.75, 3.05) is 6.61 Å². The zero-order valence-corrected chi connectivity index (χ0v) is 14.7. The third-order valence-corrected chi connectivity index (χ3v) is 4.06. The molecule has 0 saturated carbocycles. The number of aromatic nitrogens is 5. The first-order valence-electron chi connectivity index (χ1n) is 8.61. The molecular weight excluding hydrogens is 346 g/mol. The van der Waals surface area contributed by atoms with Crippen molar-refractivity contribution in [3.05, 3.63) is 64.5 Å². The van der Waals surface area contributed by atoms with Crippen LogP contribution in [0, 0.1) is 0 Å². The average molecular weight is 363 g/mol. The maximum atomic E-state index is 12.2. The van der Waals surface area contributed by atoms with Crippen molar-refractivity contribution in [1.82, 2.24) is 25.1 Å². The molecule has 0 amide bonds. The van der Waals surface area contributed by atoms with Gasteiger partial charge in [-0.2, -0.15) is 4.98 Å². The van der Waals surface area contributed by atoms with Gasteiger partial charge in [-0.05, 0) is 30.9 Å². The van der Waals surface area contributed by atoms with Gasteiger partial charge in [0, 0.05) is 17.5 Å². The third-order valence-electron chi connectivity index (χ3n) is 4.06. The molecule has 0 aliphatic carbocycles. The molecule has 4 aromatic rings. The highest BCUT2D eigenvalue weighted by atomic mass is 16.5. The number of rotatable bonds is 6. The lowest BCUT2D eigenvalue weighted by molar-refractivity contribution is 0.325. The number of pyridine rings is 1. The molecule has 8 heteroatoms. The van der Waals surface area contributed by atoms with Gasteiger partial charge in [0.1, 0.15) is 5.69 Å². The smallest absolute Gasteiger partial charge is 0.251 e. The van der Waals surface area contributed by atoms with E-state index >= 15 is 0 Å². The molecule has 8 nitrogen and oxygen atoms in total. The number of nitrogens with one attached hydrogen (secondary N) is 1. The Balaban J connectivity index is 1.48. The molecule has 1 N–H and O–H groups in total. The molecule has 0 unspecified atom stereocenters. The van der Waals surface area contributed by atoms with Gasteiger partial charge < -0.3 is 14.2 Å². The summed E-state index contributed by atoms with van der Waals surface area (Å²) in [6.07, 6.45) is 4.01. The summed E-state index contributed by atoms with van der Waals surface area (Å²) < 4.78 is 10.5. The summed E-state index contributed by atoms with van der Waals surface area (Å²) in [6.45, 7) is 2.40. The van der Waals surface area contributed by atoms with E-state index in [9.17, 15) is 4.79 Å². The Labute approximate surface area is 154 Å². The van der Waals surface area contributed by atoms with Crippen LogP contribution < -0.4 is 10.3 Å². The maximum Gasteiger partial charge on any atom is 0.251 e. The first-order chi connectivity index (χ1) is 13.2. The van der Waals surface area contributed by atoms with Gasteiger partial charge in [0.05, 0.1) is 19.0 Å². The van der Waals surface area contributed by atoms with Crippen LogP contribution >= 0.6 is 0 Å². The molecular formula is C19H17N5O3. The standard InChI is InChI=1S/C19H17N5O3/c1-2-26-17-11-20-15(10-21-17)18-23-16(27-24-18)8-7-13-9-12-5-3-4-6-14(12)22-19(13)25/h3-6,9-11H,2,7-8H2,1H3,(H,22,25). The Morgan fingerprint density at radius 1 is 1.15 bits per heavy atom. The molecule has 27 heavy (non-hydrogen) atoms. The minimum Gasteiger partial charge on any atom is -0.477 e. The summed E-state index contributed by atoms with van der Waals surface area (Å²) in [6, 6.07) is 9.56. The Morgan fingerprint density at radius 3 is 2.85 bits per heavy atom. The van der Waals surface area contributed by atoms with Crippen molar-refractivity contribution in [3.63, 3.8) is 0 Å². The zero-order valence-electron chi connectivity index (χ0n) is 14.7. The quantitative estimate of drug-likeness (QED) is 0.561. The fourth-order valence-corrected chi connectivity index (χ4v) is 2.73. The van der Waals surface area contributed by atoms with E-state index in [1.54, 1.807) is 0 Å². The molecule has 0 bridgehead atoms. The van der Waals surface area contributed by atoms with E-state index < -0.39 is 0 Å². The number of H-pyrrole nitrogens is 1. The van der Waals surface area contributed by atoms with E-state index in [0.717, 1.165) is 10.9 Å². The summed E-state index contributed by atoms with van der Waals surface area (Å²) in [5.41, 5.74) is 1.89. The van der Waals surface area contributed by atoms with Crippen LogP contribution in [0.2, 0.25) is 0 Å². The van der Waals surface area contributed by atoms with E-state index in [1.807, 2.05) is 37.3 Å². The maximum absolute atomic E-state index is 12.2. The Bertz CT molecular complexity index is 1120. The van der Waals surface area contributed by atoms with Crippen LogP contribution in [0.25, 0.3) is 22.4 Å². The van der Waals surface area contributed by atoms with E-state index in [1.165, 1.54) is 12.4 Å². The number of nitrogens with zero attached hydrogens (tertiary/aromatic N) is 4. The number of fused-ring (bicyclic) bond motifs is 1. The van der Waals surface area contributed by atoms with Gasteiger partial charge in [0.25, 0.3) is 5.56 Å². The van der Waals surface area contributed by atoms with Crippen LogP contribution in [0.3, 0.4) is 0 Å². The van der Waals surface area contributed by atoms with Crippen molar-refractivity contribution < 1.29 is 9.26 Å². The molecule has 1 aromatic carbocycles. The van der Waals surface area contributed by atoms with Crippen molar-refractivity contribution in [2.24, 2.45) is 0 Å². The number of aromatic amines is 1. The largest absolute Gasteiger partial charge is 0.477 e. The molecule has 0 atom stereocenters. The van der Waals surface area contributed by atoms with E-state index in [0.29, 0.717) is 48.3 Å². The average Bonchev–Trinajstić information content (AvgIpc) is 3.16. The number of aryl methyl sites for hydroxylation is 2. The molecule has 0 spiro atoms. The van der Waals surface area contributed by atoms with Crippen molar-refractivity contribution >= 4 is 10.9 Å². The molecule has 4 rings (SSSR count). The number of hydrogen-bond acceptors (Lipinski definition) is 7. The molecule has 0 saturated heterocycles. The highest BCUT2D eigenvalue weighted by Crippen LogP contribution is 2.16. The van der Waals surface area contributed by atoms with E-state index in [-0.39, 0.29) is 5.56 Å². The second-order valence-corrected chi connectivity index (χ2v) is 5.90. The normalized spacial score (nSPS) is 11.0. The van der Waals surface area contributed by atoms with Crippen molar-refractivity contribution in [3.8, 4) is 17.4 Å². The van der Waals surface area contributed by atoms with Crippen LogP contribution in [-0.2, 0) is 12.8 Å². The second kappa shape index (κ2) is 7.36. The van der Waals surface area contributed by atoms with Gasteiger partial charge in [-0.1, -0.05) is 23.4 Å². The van der Waals surface area contributed by atoms with Gasteiger partial charge in [-0.15, -0.1) is 0 Å². The fourth-order valence-electron chi connectivity index (χ4n) is 2.73. The lowest BCUT2D eigenvalue weighted by Crippen LogP contribution is -2.13. The molecule has 3 heterocycles. The molecule has 136 valence electrons. The first-order valence-corrected chi connectivity index (χ1v) is 8.61. The summed E-state index contributed by atoms with van der Waals surface area (Å²) >= 11 is 0. The first kappa shape index (κ1) is 16.9. The molecule has 0 radical (unpaired) electrons. The van der Waals surface area contributed by atoms with Crippen LogP contribution in [-0.4, -0.2) is 31.7 Å². The minimum absolute atomic E-state index is 0.106. The van der Waals surface area contributed by atoms with Crippen molar-refractivity contribution in [2.45, 2.75) is 19.8 Å². The molecule has 0 fully saturated rings. The summed E-state index contributed by atoms with van der Waals surface area (Å²) in [5, 5.41) is 4.92. The predicted octanol–water partition coefficient (Wildman–Crippen LogP) is 2.55. The minimum atomic E-state index is -0.106. The van der Waals surface area contributed by atoms with Crippen LogP contribution in [0.5, 0.6) is 5.88 Å². The Kier molecular flexibility index (Phi) is 4.61. The van der Waals surface area contributed by atoms with E-state index in [4.69, 9.17) is 9.26 Å². The molecule has 3 aromatic heterocycles. The highest BCUT2D eigenvalue weighted by molar-refractivity contribution is 5.78. The second-order valence-electron chi connectivity index (χ2n) is 5.90. The molecule has 0 aliphatic rings. The van der Waals surface area contributed by atoms with Crippen LogP contribution in [0.15, 0.2) is 52.0 Å². The highest BCUT2D eigenvalue weighted by Gasteiger charge is 2.12. The van der Waals surface area contributed by atoms with Gasteiger partial charge in [0.15, 0.2) is 0 Å². The summed E-state index contributed by atoms with van der Waals surface area (Å²) in [4.78, 5) is 27.8. The lowest BCUT2D eigenvalue weighted by Gasteiger charge is -2.01. The third kappa shape index (κ3) is 3.69. The lowest BCUT2D eigenvalue weighted by atomic mass is 10.1. The SMILES string of the molecule is CCOc1cnc(-c2noc(CCc3cc4ccccc4[nH]c3=O)n2)cn1. The molecule has 0 aliphatic heterocycles. The van der Waals surface area contributed by atoms with Crippen LogP contribution in [0.4, 0.5) is 0 Å². The predicted molar refractivity (Wildman–Crippen MR) is 98.5 cm³/mol. The summed E-state index contributed by atoms with van der Waals surface area (Å²) in [5.74, 6) is 1.24. The monoisotopic (exact) mass is 363 g/mol. The topological polar surface area (TPSA) is 107 Å². The number of benzene rings is 1. The number of ether oxygens (including phenoxy) is 1. The Hall–Kier alpha value is -3.55. The van der Waals surface area contributed by atoms with Gasteiger partial charge in [-0.25, -0.2) is 9.97 Å². The van der Waals surface area contributed by atoms with Gasteiger partial charge in [0.2, 0.25) is 17.6 Å². The Morgan fingerprint density at radius 2 is 2.04 bits per heavy atom. The zero-order chi connectivity index (χ0) is 18.6. The van der Waals surface area contributed by atoms with E-state index in [2.05, 4.69) is 25.1 Å². The fraction of sp³-hybridized carbons (Fsp3) is 0.211. The van der Waals surface area contributed by atoms with Gasteiger partial charge in [-0.3, -0.25) is 4.79 Å². The number of para-hydroxylation sites is 1. The van der Waals surface area contributed by atoms with Gasteiger partial charge >= 0.3 is 0 Å². The van der Waals surface area contributed by atoms with Crippen LogP contribution in [0.1, 0.15) is 18.4 Å².